The predicted octanol–water partition coefficient (Wildman–Crippen LogP) is 1.05. The average Bonchev–Trinajstić information content (AvgIpc) is 2.39. The molecule has 1 amide bonds. The summed E-state index contributed by atoms with van der Waals surface area (Å²) in [6.45, 7) is -0.0372. The molecule has 1 N–H and O–H groups in total. The smallest absolute Gasteiger partial charge is 0.307 e. The molecule has 1 aromatic carbocycles. The van der Waals surface area contributed by atoms with Crippen LogP contribution in [0.15, 0.2) is 30.3 Å². The SMILES string of the molecule is COCC(=O)N[C@H](CC(=O)OC)c1ccccc1. The minimum Gasteiger partial charge on any atom is -0.469 e. The molecule has 5 heteroatoms. The lowest BCUT2D eigenvalue weighted by atomic mass is 10.0. The third-order valence-electron chi connectivity index (χ3n) is 2.41. The lowest BCUT2D eigenvalue weighted by molar-refractivity contribution is -0.141. The van der Waals surface area contributed by atoms with Crippen molar-refractivity contribution in [2.45, 2.75) is 12.5 Å². The maximum atomic E-state index is 11.5. The van der Waals surface area contributed by atoms with Crippen LogP contribution in [0, 0.1) is 0 Å². The van der Waals surface area contributed by atoms with E-state index in [0.29, 0.717) is 0 Å². The number of carbonyl (C=O) groups excluding carboxylic acids is 2. The molecule has 1 aromatic rings. The fourth-order valence-electron chi connectivity index (χ4n) is 1.55. The zero-order valence-electron chi connectivity index (χ0n) is 10.5. The normalized spacial score (nSPS) is 11.7. The lowest BCUT2D eigenvalue weighted by Gasteiger charge is -2.17. The van der Waals surface area contributed by atoms with Gasteiger partial charge in [-0.15, -0.1) is 0 Å². The van der Waals surface area contributed by atoms with Crippen molar-refractivity contribution in [3.05, 3.63) is 35.9 Å². The van der Waals surface area contributed by atoms with Crippen molar-refractivity contribution >= 4 is 11.9 Å². The van der Waals surface area contributed by atoms with Crippen molar-refractivity contribution in [3.8, 4) is 0 Å². The summed E-state index contributed by atoms with van der Waals surface area (Å²) in [5, 5.41) is 2.73. The number of benzene rings is 1. The summed E-state index contributed by atoms with van der Waals surface area (Å²) in [7, 11) is 2.76. The van der Waals surface area contributed by atoms with Crippen LogP contribution in [0.1, 0.15) is 18.0 Å². The van der Waals surface area contributed by atoms with Crippen molar-refractivity contribution in [2.75, 3.05) is 20.8 Å². The molecular weight excluding hydrogens is 234 g/mol. The van der Waals surface area contributed by atoms with E-state index in [0.717, 1.165) is 5.56 Å². The van der Waals surface area contributed by atoms with Crippen LogP contribution >= 0.6 is 0 Å². The Bertz CT molecular complexity index is 391. The standard InChI is InChI=1S/C13H17NO4/c1-17-9-12(15)14-11(8-13(16)18-2)10-6-4-3-5-7-10/h3-7,11H,8-9H2,1-2H3,(H,14,15)/t11-/m1/s1. The van der Waals surface area contributed by atoms with Crippen molar-refractivity contribution in [2.24, 2.45) is 0 Å². The second-order valence-corrected chi connectivity index (χ2v) is 3.74. The van der Waals surface area contributed by atoms with E-state index < -0.39 is 6.04 Å². The number of carbonyl (C=O) groups is 2. The van der Waals surface area contributed by atoms with Gasteiger partial charge in [-0.3, -0.25) is 9.59 Å². The molecule has 0 aromatic heterocycles. The molecule has 0 bridgehead atoms. The largest absolute Gasteiger partial charge is 0.469 e. The number of methoxy groups -OCH3 is 2. The minimum absolute atomic E-state index is 0.0372. The second-order valence-electron chi connectivity index (χ2n) is 3.74. The highest BCUT2D eigenvalue weighted by atomic mass is 16.5. The molecule has 18 heavy (non-hydrogen) atoms. The van der Waals surface area contributed by atoms with Gasteiger partial charge in [0.1, 0.15) is 6.61 Å². The lowest BCUT2D eigenvalue weighted by Crippen LogP contribution is -2.32. The van der Waals surface area contributed by atoms with E-state index in [4.69, 9.17) is 4.74 Å². The molecule has 0 spiro atoms. The Labute approximate surface area is 106 Å². The number of hydrogen-bond donors (Lipinski definition) is 1. The first-order chi connectivity index (χ1) is 8.67. The first-order valence-corrected chi connectivity index (χ1v) is 5.57. The Morgan fingerprint density at radius 2 is 1.89 bits per heavy atom. The molecule has 0 saturated carbocycles. The summed E-state index contributed by atoms with van der Waals surface area (Å²) < 4.78 is 9.37. The van der Waals surface area contributed by atoms with E-state index in [1.54, 1.807) is 0 Å². The highest BCUT2D eigenvalue weighted by molar-refractivity contribution is 5.79. The van der Waals surface area contributed by atoms with Crippen LogP contribution in [0.5, 0.6) is 0 Å². The predicted molar refractivity (Wildman–Crippen MR) is 65.8 cm³/mol. The number of hydrogen-bond acceptors (Lipinski definition) is 4. The van der Waals surface area contributed by atoms with Gasteiger partial charge in [-0.1, -0.05) is 30.3 Å². The zero-order chi connectivity index (χ0) is 13.4. The Morgan fingerprint density at radius 3 is 2.44 bits per heavy atom. The first kappa shape index (κ1) is 14.2. The topological polar surface area (TPSA) is 64.6 Å². The van der Waals surface area contributed by atoms with Crippen molar-refractivity contribution in [3.63, 3.8) is 0 Å². The van der Waals surface area contributed by atoms with Crippen LogP contribution in [0.4, 0.5) is 0 Å². The fourth-order valence-corrected chi connectivity index (χ4v) is 1.55. The van der Waals surface area contributed by atoms with Gasteiger partial charge in [0.25, 0.3) is 0 Å². The number of nitrogens with one attached hydrogen (secondary N) is 1. The van der Waals surface area contributed by atoms with Crippen molar-refractivity contribution < 1.29 is 19.1 Å². The fraction of sp³-hybridized carbons (Fsp3) is 0.385. The molecule has 0 fully saturated rings. The molecule has 98 valence electrons. The minimum atomic E-state index is -0.402. The van der Waals surface area contributed by atoms with Crippen molar-refractivity contribution in [1.82, 2.24) is 5.32 Å². The quantitative estimate of drug-likeness (QED) is 0.768. The highest BCUT2D eigenvalue weighted by Gasteiger charge is 2.18. The van der Waals surface area contributed by atoms with Gasteiger partial charge in [-0.25, -0.2) is 0 Å². The average molecular weight is 251 g/mol. The Kier molecular flexibility index (Phi) is 5.87. The van der Waals surface area contributed by atoms with E-state index in [1.165, 1.54) is 14.2 Å². The molecular formula is C13H17NO4. The highest BCUT2D eigenvalue weighted by Crippen LogP contribution is 2.16. The van der Waals surface area contributed by atoms with Gasteiger partial charge in [0.2, 0.25) is 5.91 Å². The van der Waals surface area contributed by atoms with Gasteiger partial charge >= 0.3 is 5.97 Å². The van der Waals surface area contributed by atoms with Gasteiger partial charge in [-0.05, 0) is 5.56 Å². The summed E-state index contributed by atoms with van der Waals surface area (Å²) >= 11 is 0. The van der Waals surface area contributed by atoms with Crippen LogP contribution in [0.25, 0.3) is 0 Å². The third kappa shape index (κ3) is 4.55. The summed E-state index contributed by atoms with van der Waals surface area (Å²) in [4.78, 5) is 22.8. The van der Waals surface area contributed by atoms with Gasteiger partial charge in [0.05, 0.1) is 19.6 Å². The number of amides is 1. The number of ether oxygens (including phenoxy) is 2. The molecule has 5 nitrogen and oxygen atoms in total. The van der Waals surface area contributed by atoms with E-state index in [1.807, 2.05) is 30.3 Å². The molecule has 0 heterocycles. The zero-order valence-corrected chi connectivity index (χ0v) is 10.5. The molecule has 0 aliphatic rings. The van der Waals surface area contributed by atoms with Crippen molar-refractivity contribution in [1.29, 1.82) is 0 Å². The molecule has 0 radical (unpaired) electrons. The maximum Gasteiger partial charge on any atom is 0.307 e. The van der Waals surface area contributed by atoms with E-state index >= 15 is 0 Å². The molecule has 1 atom stereocenters. The first-order valence-electron chi connectivity index (χ1n) is 5.57. The maximum absolute atomic E-state index is 11.5. The van der Waals surface area contributed by atoms with Crippen LogP contribution < -0.4 is 5.32 Å². The number of rotatable bonds is 6. The van der Waals surface area contributed by atoms with Gasteiger partial charge in [0, 0.05) is 7.11 Å². The number of esters is 1. The summed E-state index contributed by atoms with van der Waals surface area (Å²) in [6.07, 6.45) is 0.0932. The molecule has 0 aliphatic heterocycles. The Hall–Kier alpha value is -1.88. The molecule has 0 unspecified atom stereocenters. The van der Waals surface area contributed by atoms with Crippen LogP contribution in [-0.2, 0) is 19.1 Å². The van der Waals surface area contributed by atoms with Crippen LogP contribution in [-0.4, -0.2) is 32.7 Å². The summed E-state index contributed by atoms with van der Waals surface area (Å²) in [5.41, 5.74) is 0.854. The second kappa shape index (κ2) is 7.45. The molecule has 1 rings (SSSR count). The molecule has 0 saturated heterocycles. The van der Waals surface area contributed by atoms with Gasteiger partial charge < -0.3 is 14.8 Å². The van der Waals surface area contributed by atoms with Gasteiger partial charge in [0.15, 0.2) is 0 Å². The van der Waals surface area contributed by atoms with Gasteiger partial charge in [-0.2, -0.15) is 0 Å². The summed E-state index contributed by atoms with van der Waals surface area (Å²) in [5.74, 6) is -0.642. The van der Waals surface area contributed by atoms with E-state index in [-0.39, 0.29) is 24.9 Å². The Balaban J connectivity index is 2.75. The van der Waals surface area contributed by atoms with Crippen LogP contribution in [0.3, 0.4) is 0 Å². The monoisotopic (exact) mass is 251 g/mol. The van der Waals surface area contributed by atoms with E-state index in [9.17, 15) is 9.59 Å². The van der Waals surface area contributed by atoms with E-state index in [2.05, 4.69) is 10.1 Å². The third-order valence-corrected chi connectivity index (χ3v) is 2.41. The summed E-state index contributed by atoms with van der Waals surface area (Å²) in [6, 6.07) is 8.86. The molecule has 0 aliphatic carbocycles. The Morgan fingerprint density at radius 1 is 1.22 bits per heavy atom. The van der Waals surface area contributed by atoms with Crippen LogP contribution in [0.2, 0.25) is 0 Å².